The quantitative estimate of drug-likeness (QED) is 0.776. The second-order valence-electron chi connectivity index (χ2n) is 5.39. The molecular weight excluding hydrogens is 254 g/mol. The summed E-state index contributed by atoms with van der Waals surface area (Å²) in [6.07, 6.45) is 3.02. The molecule has 2 rings (SSSR count). The van der Waals surface area contributed by atoms with Crippen molar-refractivity contribution in [1.29, 1.82) is 0 Å². The van der Waals surface area contributed by atoms with E-state index in [0.29, 0.717) is 6.04 Å². The Labute approximate surface area is 120 Å². The third-order valence-electron chi connectivity index (χ3n) is 3.93. The molecule has 20 heavy (non-hydrogen) atoms. The second kappa shape index (κ2) is 6.75. The van der Waals surface area contributed by atoms with Gasteiger partial charge in [0.2, 0.25) is 0 Å². The average Bonchev–Trinajstić information content (AvgIpc) is 2.83. The van der Waals surface area contributed by atoms with Gasteiger partial charge >= 0.3 is 5.97 Å². The van der Waals surface area contributed by atoms with Crippen molar-refractivity contribution in [2.45, 2.75) is 38.3 Å². The fraction of sp³-hybridized carbons (Fsp3) is 0.562. The smallest absolute Gasteiger partial charge is 0.303 e. The van der Waals surface area contributed by atoms with Crippen molar-refractivity contribution in [3.63, 3.8) is 0 Å². The van der Waals surface area contributed by atoms with Gasteiger partial charge in [-0.05, 0) is 44.1 Å². The van der Waals surface area contributed by atoms with E-state index in [4.69, 9.17) is 9.47 Å². The molecule has 4 nitrogen and oxygen atoms in total. The molecule has 0 saturated carbocycles. The average molecular weight is 277 g/mol. The van der Waals surface area contributed by atoms with Crippen LogP contribution in [0.5, 0.6) is 5.75 Å². The number of methoxy groups -OCH3 is 1. The third kappa shape index (κ3) is 3.73. The Kier molecular flexibility index (Phi) is 5.01. The van der Waals surface area contributed by atoms with Crippen molar-refractivity contribution in [3.8, 4) is 5.75 Å². The fourth-order valence-electron chi connectivity index (χ4n) is 2.82. The van der Waals surface area contributed by atoms with Crippen LogP contribution in [-0.4, -0.2) is 37.6 Å². The lowest BCUT2D eigenvalue weighted by Gasteiger charge is -2.25. The molecule has 4 heteroatoms. The summed E-state index contributed by atoms with van der Waals surface area (Å²) in [4.78, 5) is 13.7. The molecule has 0 bridgehead atoms. The first-order valence-corrected chi connectivity index (χ1v) is 7.11. The second-order valence-corrected chi connectivity index (χ2v) is 5.39. The molecule has 0 radical (unpaired) electrons. The van der Waals surface area contributed by atoms with E-state index in [1.165, 1.54) is 13.3 Å². The molecule has 1 aliphatic heterocycles. The number of carbonyl (C=O) groups is 1. The Bertz CT molecular complexity index is 461. The normalized spacial score (nSPS) is 20.6. The van der Waals surface area contributed by atoms with E-state index in [1.807, 2.05) is 24.3 Å². The van der Waals surface area contributed by atoms with Crippen LogP contribution in [0.3, 0.4) is 0 Å². The van der Waals surface area contributed by atoms with Crippen LogP contribution >= 0.6 is 0 Å². The molecule has 0 aliphatic carbocycles. The molecule has 0 spiro atoms. The number of benzene rings is 1. The first-order chi connectivity index (χ1) is 9.60. The summed E-state index contributed by atoms with van der Waals surface area (Å²) in [5, 5.41) is 0. The molecule has 1 fully saturated rings. The highest BCUT2D eigenvalue weighted by Crippen LogP contribution is 2.30. The molecule has 1 aromatic rings. The van der Waals surface area contributed by atoms with Crippen LogP contribution in [0.2, 0.25) is 0 Å². The van der Waals surface area contributed by atoms with Crippen LogP contribution in [0.25, 0.3) is 0 Å². The minimum absolute atomic E-state index is 0.201. The Morgan fingerprint density at radius 3 is 2.90 bits per heavy atom. The van der Waals surface area contributed by atoms with E-state index in [-0.39, 0.29) is 12.1 Å². The van der Waals surface area contributed by atoms with E-state index in [0.717, 1.165) is 30.7 Å². The van der Waals surface area contributed by atoms with Gasteiger partial charge < -0.3 is 14.4 Å². The molecule has 1 saturated heterocycles. The fourth-order valence-corrected chi connectivity index (χ4v) is 2.82. The maximum Gasteiger partial charge on any atom is 0.303 e. The van der Waals surface area contributed by atoms with Gasteiger partial charge in [0.05, 0.1) is 7.11 Å². The van der Waals surface area contributed by atoms with Crippen LogP contribution < -0.4 is 4.74 Å². The Morgan fingerprint density at radius 2 is 2.30 bits per heavy atom. The number of carbonyl (C=O) groups excluding carboxylic acids is 1. The summed E-state index contributed by atoms with van der Waals surface area (Å²) < 4.78 is 10.8. The van der Waals surface area contributed by atoms with Gasteiger partial charge in [0.15, 0.2) is 0 Å². The number of likely N-dealkylation sites (tertiary alicyclic amines) is 1. The molecule has 110 valence electrons. The molecule has 1 heterocycles. The van der Waals surface area contributed by atoms with Crippen molar-refractivity contribution < 1.29 is 14.3 Å². The lowest BCUT2D eigenvalue weighted by atomic mass is 10.00. The summed E-state index contributed by atoms with van der Waals surface area (Å²) in [6.45, 7) is 2.58. The monoisotopic (exact) mass is 277 g/mol. The van der Waals surface area contributed by atoms with Gasteiger partial charge in [0, 0.05) is 19.4 Å². The van der Waals surface area contributed by atoms with Crippen molar-refractivity contribution in [1.82, 2.24) is 4.90 Å². The molecule has 0 unspecified atom stereocenters. The molecule has 0 amide bonds. The highest BCUT2D eigenvalue weighted by atomic mass is 16.5. The first kappa shape index (κ1) is 14.9. The zero-order valence-corrected chi connectivity index (χ0v) is 12.5. The largest absolute Gasteiger partial charge is 0.497 e. The number of hydrogen-bond acceptors (Lipinski definition) is 4. The van der Waals surface area contributed by atoms with Gasteiger partial charge in [0.25, 0.3) is 0 Å². The Morgan fingerprint density at radius 1 is 1.50 bits per heavy atom. The predicted octanol–water partition coefficient (Wildman–Crippen LogP) is 2.78. The summed E-state index contributed by atoms with van der Waals surface area (Å²) >= 11 is 0. The highest BCUT2D eigenvalue weighted by molar-refractivity contribution is 5.66. The maximum absolute atomic E-state index is 11.4. The predicted molar refractivity (Wildman–Crippen MR) is 77.8 cm³/mol. The van der Waals surface area contributed by atoms with Crippen molar-refractivity contribution in [2.75, 3.05) is 20.7 Å². The minimum Gasteiger partial charge on any atom is -0.497 e. The summed E-state index contributed by atoms with van der Waals surface area (Å²) in [7, 11) is 3.78. The summed E-state index contributed by atoms with van der Waals surface area (Å²) in [6, 6.07) is 8.25. The molecule has 1 aliphatic rings. The molecule has 0 aromatic heterocycles. The summed E-state index contributed by atoms with van der Waals surface area (Å²) in [5.74, 6) is 0.554. The van der Waals surface area contributed by atoms with E-state index >= 15 is 0 Å². The van der Waals surface area contributed by atoms with Gasteiger partial charge in [-0.15, -0.1) is 0 Å². The van der Waals surface area contributed by atoms with Crippen LogP contribution in [0, 0.1) is 0 Å². The van der Waals surface area contributed by atoms with Crippen LogP contribution in [-0.2, 0) is 9.53 Å². The van der Waals surface area contributed by atoms with Gasteiger partial charge in [0.1, 0.15) is 11.9 Å². The van der Waals surface area contributed by atoms with E-state index in [2.05, 4.69) is 11.9 Å². The van der Waals surface area contributed by atoms with Crippen molar-refractivity contribution in [3.05, 3.63) is 29.8 Å². The van der Waals surface area contributed by atoms with Crippen LogP contribution in [0.15, 0.2) is 24.3 Å². The zero-order valence-electron chi connectivity index (χ0n) is 12.5. The highest BCUT2D eigenvalue weighted by Gasteiger charge is 2.27. The summed E-state index contributed by atoms with van der Waals surface area (Å²) in [5.41, 5.74) is 1.000. The third-order valence-corrected chi connectivity index (χ3v) is 3.93. The Balaban J connectivity index is 2.15. The molecule has 0 N–H and O–H groups in total. The van der Waals surface area contributed by atoms with Gasteiger partial charge in [-0.2, -0.15) is 0 Å². The molecule has 1 aromatic carbocycles. The SMILES string of the molecule is COc1cccc([C@@H](C[C@H]2CCCN2C)OC(C)=O)c1. The lowest BCUT2D eigenvalue weighted by molar-refractivity contribution is -0.147. The Hall–Kier alpha value is -1.55. The topological polar surface area (TPSA) is 38.8 Å². The molecular formula is C16H23NO3. The van der Waals surface area contributed by atoms with Gasteiger partial charge in [-0.25, -0.2) is 0 Å². The van der Waals surface area contributed by atoms with Crippen molar-refractivity contribution >= 4 is 5.97 Å². The number of esters is 1. The number of nitrogens with zero attached hydrogens (tertiary/aromatic N) is 1. The standard InChI is InChI=1S/C16H23NO3/c1-12(18)20-16(11-14-7-5-9-17(14)2)13-6-4-8-15(10-13)19-3/h4,6,8,10,14,16H,5,7,9,11H2,1-3H3/t14-,16-/m1/s1. The van der Waals surface area contributed by atoms with E-state index in [9.17, 15) is 4.79 Å². The number of hydrogen-bond donors (Lipinski definition) is 0. The zero-order chi connectivity index (χ0) is 14.5. The van der Waals surface area contributed by atoms with Crippen LogP contribution in [0.1, 0.15) is 37.9 Å². The van der Waals surface area contributed by atoms with Gasteiger partial charge in [-0.3, -0.25) is 4.79 Å². The van der Waals surface area contributed by atoms with Crippen molar-refractivity contribution in [2.24, 2.45) is 0 Å². The molecule has 2 atom stereocenters. The van der Waals surface area contributed by atoms with E-state index < -0.39 is 0 Å². The van der Waals surface area contributed by atoms with Crippen LogP contribution in [0.4, 0.5) is 0 Å². The lowest BCUT2D eigenvalue weighted by Crippen LogP contribution is -2.28. The first-order valence-electron chi connectivity index (χ1n) is 7.11. The number of rotatable bonds is 5. The van der Waals surface area contributed by atoms with Gasteiger partial charge in [-0.1, -0.05) is 12.1 Å². The maximum atomic E-state index is 11.4. The minimum atomic E-state index is -0.238. The number of ether oxygens (including phenoxy) is 2. The van der Waals surface area contributed by atoms with E-state index in [1.54, 1.807) is 7.11 Å².